The van der Waals surface area contributed by atoms with E-state index < -0.39 is 20.0 Å². The third-order valence-electron chi connectivity index (χ3n) is 17.7. The van der Waals surface area contributed by atoms with E-state index in [0.29, 0.717) is 17.4 Å². The highest BCUT2D eigenvalue weighted by Gasteiger charge is 2.27. The standard InChI is InChI=1S/C81H151N2O7P/c1-7-10-13-16-19-22-25-28-30-32-34-36-38-40-41-43-45-47-49-51-53-56-59-62-65-68-71-74-81(85)90-79(72-69-66-63-60-57-54-27-24-21-18-15-12-9-3)78(77-89-91(86,87)88-76-75-83(4,5)6)82-80(84)73-70-67-64-61-58-55-52-50-48-46-44-42-39-37-35-33-31-29-26-23-20-17-14-11-8-2/h10,13,19,22,28,30,34,36,40-41,69,72,78-79H,7-9,11-12,14-18,20-21,23-27,29,31-33,35,37-39,42-68,70-71,73-77H2,1-6H3,(H-,82,84,86,87)/b13-10-,22-19-,30-28-,36-34-,41-40-,72-69+. The van der Waals surface area contributed by atoms with Gasteiger partial charge in [0.25, 0.3) is 7.82 Å². The summed E-state index contributed by atoms with van der Waals surface area (Å²) in [6.45, 7) is 6.79. The van der Waals surface area contributed by atoms with Crippen molar-refractivity contribution in [1.82, 2.24) is 5.32 Å². The van der Waals surface area contributed by atoms with Crippen molar-refractivity contribution in [1.29, 1.82) is 0 Å². The van der Waals surface area contributed by atoms with Gasteiger partial charge in [0.15, 0.2) is 0 Å². The molecule has 0 aromatic heterocycles. The van der Waals surface area contributed by atoms with Gasteiger partial charge < -0.3 is 28.5 Å². The molecule has 3 unspecified atom stereocenters. The number of esters is 1. The molecule has 0 rings (SSSR count). The minimum atomic E-state index is -4.71. The van der Waals surface area contributed by atoms with E-state index in [-0.39, 0.29) is 31.5 Å². The van der Waals surface area contributed by atoms with Crippen molar-refractivity contribution < 1.29 is 37.3 Å². The number of hydrogen-bond acceptors (Lipinski definition) is 7. The molecule has 3 atom stereocenters. The third kappa shape index (κ3) is 71.6. The van der Waals surface area contributed by atoms with E-state index in [9.17, 15) is 19.0 Å². The third-order valence-corrected chi connectivity index (χ3v) is 18.6. The highest BCUT2D eigenvalue weighted by atomic mass is 31.2. The number of carbonyl (C=O) groups is 2. The maximum Gasteiger partial charge on any atom is 0.306 e. The van der Waals surface area contributed by atoms with Gasteiger partial charge in [0, 0.05) is 12.8 Å². The largest absolute Gasteiger partial charge is 0.756 e. The molecule has 0 bridgehead atoms. The number of ether oxygens (including phenoxy) is 1. The molecule has 532 valence electrons. The minimum Gasteiger partial charge on any atom is -0.756 e. The van der Waals surface area contributed by atoms with Crippen molar-refractivity contribution in [2.45, 2.75) is 392 Å². The van der Waals surface area contributed by atoms with Crippen molar-refractivity contribution in [2.24, 2.45) is 0 Å². The van der Waals surface area contributed by atoms with Gasteiger partial charge in [-0.15, -0.1) is 0 Å². The number of unbranched alkanes of at least 4 members (excludes halogenated alkanes) is 46. The van der Waals surface area contributed by atoms with Gasteiger partial charge in [0.1, 0.15) is 19.3 Å². The summed E-state index contributed by atoms with van der Waals surface area (Å²) in [7, 11) is 1.20. The molecule has 0 aromatic rings. The molecule has 0 saturated heterocycles. The normalized spacial score (nSPS) is 13.8. The van der Waals surface area contributed by atoms with Crippen LogP contribution in [0.15, 0.2) is 72.9 Å². The zero-order valence-corrected chi connectivity index (χ0v) is 61.9. The Bertz CT molecular complexity index is 1780. The lowest BCUT2D eigenvalue weighted by molar-refractivity contribution is -0.870. The predicted molar refractivity (Wildman–Crippen MR) is 395 cm³/mol. The van der Waals surface area contributed by atoms with Crippen LogP contribution in [0.25, 0.3) is 0 Å². The first kappa shape index (κ1) is 88.5. The molecule has 0 heterocycles. The molecule has 0 spiro atoms. The molecule has 0 aromatic carbocycles. The van der Waals surface area contributed by atoms with Crippen molar-refractivity contribution in [2.75, 3.05) is 40.9 Å². The van der Waals surface area contributed by atoms with Crippen LogP contribution in [0.5, 0.6) is 0 Å². The molecule has 10 heteroatoms. The number of likely N-dealkylation sites (N-methyl/N-ethyl adjacent to an activating group) is 1. The number of amides is 1. The van der Waals surface area contributed by atoms with Crippen molar-refractivity contribution in [3.63, 3.8) is 0 Å². The van der Waals surface area contributed by atoms with Crippen LogP contribution in [0.4, 0.5) is 0 Å². The average molecular weight is 1300 g/mol. The number of nitrogens with one attached hydrogen (secondary N) is 1. The van der Waals surface area contributed by atoms with Crippen LogP contribution in [0.2, 0.25) is 0 Å². The van der Waals surface area contributed by atoms with Gasteiger partial charge in [-0.1, -0.05) is 364 Å². The predicted octanol–water partition coefficient (Wildman–Crippen LogP) is 24.8. The number of rotatable bonds is 72. The van der Waals surface area contributed by atoms with Crippen LogP contribution in [-0.4, -0.2) is 69.4 Å². The van der Waals surface area contributed by atoms with Crippen LogP contribution in [-0.2, 0) is 27.9 Å². The Balaban J connectivity index is 4.97. The van der Waals surface area contributed by atoms with E-state index in [1.165, 1.54) is 257 Å². The number of phosphoric ester groups is 1. The lowest BCUT2D eigenvalue weighted by Gasteiger charge is -2.30. The molecule has 91 heavy (non-hydrogen) atoms. The van der Waals surface area contributed by atoms with E-state index >= 15 is 0 Å². The van der Waals surface area contributed by atoms with Gasteiger partial charge in [-0.3, -0.25) is 14.2 Å². The van der Waals surface area contributed by atoms with E-state index in [4.69, 9.17) is 13.8 Å². The van der Waals surface area contributed by atoms with Crippen LogP contribution < -0.4 is 10.2 Å². The average Bonchev–Trinajstić information content (AvgIpc) is 3.73. The smallest absolute Gasteiger partial charge is 0.306 e. The van der Waals surface area contributed by atoms with Gasteiger partial charge in [0.05, 0.1) is 33.8 Å². The van der Waals surface area contributed by atoms with Gasteiger partial charge in [0.2, 0.25) is 5.91 Å². The molecule has 1 N–H and O–H groups in total. The number of allylic oxidation sites excluding steroid dienone is 11. The molecule has 0 fully saturated rings. The fourth-order valence-electron chi connectivity index (χ4n) is 11.7. The second-order valence-electron chi connectivity index (χ2n) is 27.8. The Kier molecular flexibility index (Phi) is 68.3. The Hall–Kier alpha value is -2.55. The van der Waals surface area contributed by atoms with Crippen LogP contribution in [0.1, 0.15) is 380 Å². The van der Waals surface area contributed by atoms with Crippen molar-refractivity contribution in [3.05, 3.63) is 72.9 Å². The number of phosphoric acid groups is 1. The monoisotopic (exact) mass is 1300 g/mol. The van der Waals surface area contributed by atoms with Gasteiger partial charge >= 0.3 is 5.97 Å². The fraction of sp³-hybridized carbons (Fsp3) is 0.827. The van der Waals surface area contributed by atoms with Gasteiger partial charge in [-0.05, 0) is 76.7 Å². The SMILES string of the molecule is CC/C=C\C/C=C\C/C=C\C/C=C\C/C=C\CCCCCCCCCCCCCC(=O)OC(/C=C/CCCCCCCCCCCCC)C(COP(=O)([O-])OCC[N+](C)(C)C)NC(=O)CCCCCCCCCCCCCCCCCCCCCCCCCCC. The van der Waals surface area contributed by atoms with Crippen molar-refractivity contribution in [3.8, 4) is 0 Å². The maximum atomic E-state index is 13.7. The Labute approximate surface area is 565 Å². The van der Waals surface area contributed by atoms with Crippen LogP contribution in [0, 0.1) is 0 Å². The highest BCUT2D eigenvalue weighted by Crippen LogP contribution is 2.38. The number of hydrogen-bond donors (Lipinski definition) is 1. The summed E-state index contributed by atoms with van der Waals surface area (Å²) in [6, 6.07) is -0.891. The molecule has 1 amide bonds. The fourth-order valence-corrected chi connectivity index (χ4v) is 12.4. The Morgan fingerprint density at radius 3 is 1.05 bits per heavy atom. The molecule has 0 saturated carbocycles. The first-order valence-electron chi connectivity index (χ1n) is 39.2. The molecular formula is C81H151N2O7P. The zero-order valence-electron chi connectivity index (χ0n) is 61.1. The molecule has 0 aliphatic rings. The molecule has 9 nitrogen and oxygen atoms in total. The maximum absolute atomic E-state index is 13.7. The van der Waals surface area contributed by atoms with E-state index in [0.717, 1.165) is 89.9 Å². The summed E-state index contributed by atoms with van der Waals surface area (Å²) in [5.74, 6) is -0.527. The summed E-state index contributed by atoms with van der Waals surface area (Å²) in [4.78, 5) is 40.3. The van der Waals surface area contributed by atoms with Crippen LogP contribution in [0.3, 0.4) is 0 Å². The lowest BCUT2D eigenvalue weighted by atomic mass is 10.0. The highest BCUT2D eigenvalue weighted by molar-refractivity contribution is 7.45. The second-order valence-corrected chi connectivity index (χ2v) is 29.3. The number of carbonyl (C=O) groups excluding carboxylic acids is 2. The summed E-state index contributed by atoms with van der Waals surface area (Å²) < 4.78 is 30.6. The molecular weight excluding hydrogens is 1140 g/mol. The Morgan fingerprint density at radius 1 is 0.396 bits per heavy atom. The minimum absolute atomic E-state index is 0.0222. The molecule has 0 radical (unpaired) electrons. The van der Waals surface area contributed by atoms with E-state index in [2.05, 4.69) is 86.8 Å². The summed E-state index contributed by atoms with van der Waals surface area (Å²) in [6.07, 6.45) is 93.3. The van der Waals surface area contributed by atoms with E-state index in [1.54, 1.807) is 0 Å². The van der Waals surface area contributed by atoms with Crippen LogP contribution >= 0.6 is 7.82 Å². The van der Waals surface area contributed by atoms with Gasteiger partial charge in [-0.25, -0.2) is 0 Å². The summed E-state index contributed by atoms with van der Waals surface area (Å²) in [5.41, 5.74) is 0. The second kappa shape index (κ2) is 70.3. The Morgan fingerprint density at radius 2 is 0.703 bits per heavy atom. The molecule has 0 aliphatic carbocycles. The molecule has 0 aliphatic heterocycles. The quantitative estimate of drug-likeness (QED) is 0.0212. The zero-order chi connectivity index (χ0) is 66.3. The van der Waals surface area contributed by atoms with E-state index in [1.807, 2.05) is 33.3 Å². The van der Waals surface area contributed by atoms with Crippen molar-refractivity contribution >= 4 is 19.7 Å². The summed E-state index contributed by atoms with van der Waals surface area (Å²) in [5, 5.41) is 3.06. The first-order chi connectivity index (χ1) is 44.4. The lowest BCUT2D eigenvalue weighted by Crippen LogP contribution is -2.47. The summed E-state index contributed by atoms with van der Waals surface area (Å²) >= 11 is 0. The topological polar surface area (TPSA) is 114 Å². The van der Waals surface area contributed by atoms with Gasteiger partial charge in [-0.2, -0.15) is 0 Å². The number of quaternary nitrogens is 1. The number of nitrogens with zero attached hydrogens (tertiary/aromatic N) is 1. The first-order valence-corrected chi connectivity index (χ1v) is 40.7.